The smallest absolute Gasteiger partial charge is 0.261 e. The molecule has 0 aromatic heterocycles. The van der Waals surface area contributed by atoms with E-state index in [-0.39, 0.29) is 11.0 Å². The molecule has 0 spiro atoms. The number of carbonyl (C=O) groups excluding carboxylic acids is 1. The highest BCUT2D eigenvalue weighted by molar-refractivity contribution is 7.80. The Balaban J connectivity index is 2.03. The maximum Gasteiger partial charge on any atom is 0.261 e. The normalized spacial score (nSPS) is 10.0. The summed E-state index contributed by atoms with van der Waals surface area (Å²) >= 11 is 5.21. The molecule has 6 nitrogen and oxygen atoms in total. The summed E-state index contributed by atoms with van der Waals surface area (Å²) in [4.78, 5) is 12.5. The summed E-state index contributed by atoms with van der Waals surface area (Å²) in [7, 11) is 3.15. The van der Waals surface area contributed by atoms with Gasteiger partial charge in [0.25, 0.3) is 5.91 Å². The molecule has 25 heavy (non-hydrogen) atoms. The highest BCUT2D eigenvalue weighted by Crippen LogP contribution is 2.23. The van der Waals surface area contributed by atoms with Crippen molar-refractivity contribution < 1.29 is 19.0 Å². The van der Waals surface area contributed by atoms with Crippen molar-refractivity contribution in [2.45, 2.75) is 0 Å². The van der Waals surface area contributed by atoms with Crippen molar-refractivity contribution in [2.75, 3.05) is 32.8 Å². The van der Waals surface area contributed by atoms with Crippen molar-refractivity contribution in [3.05, 3.63) is 54.1 Å². The zero-order chi connectivity index (χ0) is 18.1. The van der Waals surface area contributed by atoms with Crippen LogP contribution in [-0.4, -0.2) is 38.5 Å². The molecule has 2 aromatic carbocycles. The van der Waals surface area contributed by atoms with Crippen molar-refractivity contribution in [1.29, 1.82) is 0 Å². The predicted octanol–water partition coefficient (Wildman–Crippen LogP) is 2.85. The van der Waals surface area contributed by atoms with E-state index in [2.05, 4.69) is 10.6 Å². The van der Waals surface area contributed by atoms with E-state index in [1.165, 1.54) is 0 Å². The number of hydrogen-bond acceptors (Lipinski definition) is 5. The quantitative estimate of drug-likeness (QED) is 0.585. The van der Waals surface area contributed by atoms with Gasteiger partial charge in [-0.05, 0) is 36.5 Å². The fraction of sp³-hybridized carbons (Fsp3) is 0.222. The molecule has 0 bridgehead atoms. The fourth-order valence-electron chi connectivity index (χ4n) is 2.09. The Morgan fingerprint density at radius 3 is 2.40 bits per heavy atom. The Morgan fingerprint density at radius 1 is 1.00 bits per heavy atom. The van der Waals surface area contributed by atoms with Crippen LogP contribution >= 0.6 is 12.2 Å². The van der Waals surface area contributed by atoms with Gasteiger partial charge in [0.15, 0.2) is 5.11 Å². The lowest BCUT2D eigenvalue weighted by Gasteiger charge is -2.14. The molecule has 0 aliphatic rings. The third-order valence-corrected chi connectivity index (χ3v) is 3.46. The van der Waals surface area contributed by atoms with Crippen molar-refractivity contribution >= 4 is 28.9 Å². The number of para-hydroxylation sites is 3. The van der Waals surface area contributed by atoms with Crippen LogP contribution in [0, 0.1) is 0 Å². The summed E-state index contributed by atoms with van der Waals surface area (Å²) in [5, 5.41) is 5.76. The van der Waals surface area contributed by atoms with Crippen LogP contribution in [0.4, 0.5) is 5.69 Å². The van der Waals surface area contributed by atoms with Crippen LogP contribution in [0.3, 0.4) is 0 Å². The molecular formula is C18H20N2O4S. The minimum atomic E-state index is -0.361. The minimum absolute atomic E-state index is 0.168. The topological polar surface area (TPSA) is 68.8 Å². The number of ether oxygens (including phenoxy) is 3. The van der Waals surface area contributed by atoms with Gasteiger partial charge >= 0.3 is 0 Å². The fourth-order valence-corrected chi connectivity index (χ4v) is 2.29. The summed E-state index contributed by atoms with van der Waals surface area (Å²) < 4.78 is 15.8. The number of amides is 1. The lowest BCUT2D eigenvalue weighted by Crippen LogP contribution is -2.34. The monoisotopic (exact) mass is 360 g/mol. The third kappa shape index (κ3) is 5.44. The summed E-state index contributed by atoms with van der Waals surface area (Å²) in [6, 6.07) is 14.2. The summed E-state index contributed by atoms with van der Waals surface area (Å²) in [6.07, 6.45) is 0. The first kappa shape index (κ1) is 18.7. The molecule has 7 heteroatoms. The standard InChI is InChI=1S/C18H20N2O4S/c1-22-11-12-24-15-9-5-3-7-13(15)17(21)20-18(25)19-14-8-4-6-10-16(14)23-2/h3-10H,11-12H2,1-2H3,(H2,19,20,21,25). The van der Waals surface area contributed by atoms with Crippen molar-refractivity contribution in [2.24, 2.45) is 0 Å². The number of carbonyl (C=O) groups is 1. The lowest BCUT2D eigenvalue weighted by atomic mass is 10.2. The van der Waals surface area contributed by atoms with Crippen molar-refractivity contribution in [3.8, 4) is 11.5 Å². The molecule has 1 amide bonds. The van der Waals surface area contributed by atoms with Gasteiger partial charge in [-0.15, -0.1) is 0 Å². The number of hydrogen-bond donors (Lipinski definition) is 2. The number of benzene rings is 2. The average molecular weight is 360 g/mol. The Labute approximate surface area is 152 Å². The highest BCUT2D eigenvalue weighted by atomic mass is 32.1. The van der Waals surface area contributed by atoms with Crippen LogP contribution in [0.15, 0.2) is 48.5 Å². The molecule has 0 atom stereocenters. The van der Waals surface area contributed by atoms with Gasteiger partial charge in [0.1, 0.15) is 18.1 Å². The summed E-state index contributed by atoms with van der Waals surface area (Å²) in [5.41, 5.74) is 1.06. The minimum Gasteiger partial charge on any atom is -0.495 e. The maximum atomic E-state index is 12.5. The van der Waals surface area contributed by atoms with Gasteiger partial charge in [0.2, 0.25) is 0 Å². The molecule has 0 unspecified atom stereocenters. The first-order valence-electron chi connectivity index (χ1n) is 7.62. The molecule has 0 radical (unpaired) electrons. The molecular weight excluding hydrogens is 340 g/mol. The highest BCUT2D eigenvalue weighted by Gasteiger charge is 2.14. The van der Waals surface area contributed by atoms with Gasteiger partial charge < -0.3 is 19.5 Å². The molecule has 0 saturated heterocycles. The van der Waals surface area contributed by atoms with E-state index < -0.39 is 0 Å². The van der Waals surface area contributed by atoms with Gasteiger partial charge in [0.05, 0.1) is 25.0 Å². The molecule has 2 N–H and O–H groups in total. The molecule has 0 fully saturated rings. The van der Waals surface area contributed by atoms with Crippen LogP contribution in [0.1, 0.15) is 10.4 Å². The summed E-state index contributed by atoms with van der Waals surface area (Å²) in [5.74, 6) is 0.736. The van der Waals surface area contributed by atoms with E-state index >= 15 is 0 Å². The van der Waals surface area contributed by atoms with Gasteiger partial charge in [0, 0.05) is 7.11 Å². The second-order valence-electron chi connectivity index (χ2n) is 4.95. The van der Waals surface area contributed by atoms with Crippen molar-refractivity contribution in [1.82, 2.24) is 5.32 Å². The predicted molar refractivity (Wildman–Crippen MR) is 100 cm³/mol. The molecule has 2 aromatic rings. The van der Waals surface area contributed by atoms with E-state index in [9.17, 15) is 4.79 Å². The Morgan fingerprint density at radius 2 is 1.68 bits per heavy atom. The van der Waals surface area contributed by atoms with E-state index in [0.29, 0.717) is 36.0 Å². The van der Waals surface area contributed by atoms with E-state index in [4.69, 9.17) is 26.4 Å². The van der Waals surface area contributed by atoms with Crippen LogP contribution in [0.5, 0.6) is 11.5 Å². The van der Waals surface area contributed by atoms with Crippen molar-refractivity contribution in [3.63, 3.8) is 0 Å². The van der Waals surface area contributed by atoms with Gasteiger partial charge in [-0.1, -0.05) is 24.3 Å². The van der Waals surface area contributed by atoms with Gasteiger partial charge in [-0.3, -0.25) is 10.1 Å². The number of anilines is 1. The number of rotatable bonds is 7. The van der Waals surface area contributed by atoms with Crippen LogP contribution < -0.4 is 20.1 Å². The van der Waals surface area contributed by atoms with Gasteiger partial charge in [-0.25, -0.2) is 0 Å². The Bertz CT molecular complexity index is 737. The molecule has 0 aliphatic heterocycles. The number of methoxy groups -OCH3 is 2. The third-order valence-electron chi connectivity index (χ3n) is 3.26. The average Bonchev–Trinajstić information content (AvgIpc) is 2.62. The van der Waals surface area contributed by atoms with Crippen LogP contribution in [0.2, 0.25) is 0 Å². The van der Waals surface area contributed by atoms with E-state index in [0.717, 1.165) is 0 Å². The van der Waals surface area contributed by atoms with E-state index in [1.807, 2.05) is 12.1 Å². The van der Waals surface area contributed by atoms with Crippen LogP contribution in [-0.2, 0) is 4.74 Å². The summed E-state index contributed by atoms with van der Waals surface area (Å²) in [6.45, 7) is 0.786. The number of nitrogens with one attached hydrogen (secondary N) is 2. The van der Waals surface area contributed by atoms with Gasteiger partial charge in [-0.2, -0.15) is 0 Å². The molecule has 0 saturated carbocycles. The Kier molecular flexibility index (Phi) is 7.18. The zero-order valence-electron chi connectivity index (χ0n) is 14.1. The molecule has 2 rings (SSSR count). The lowest BCUT2D eigenvalue weighted by molar-refractivity contribution is 0.0970. The van der Waals surface area contributed by atoms with Crippen LogP contribution in [0.25, 0.3) is 0 Å². The zero-order valence-corrected chi connectivity index (χ0v) is 14.9. The molecule has 132 valence electrons. The largest absolute Gasteiger partial charge is 0.495 e. The van der Waals surface area contributed by atoms with E-state index in [1.54, 1.807) is 50.6 Å². The molecule has 0 heterocycles. The number of thiocarbonyl (C=S) groups is 1. The second kappa shape index (κ2) is 9.61. The first-order valence-corrected chi connectivity index (χ1v) is 8.02. The molecule has 0 aliphatic carbocycles. The SMILES string of the molecule is COCCOc1ccccc1C(=O)NC(=S)Nc1ccccc1OC. The maximum absolute atomic E-state index is 12.5. The Hall–Kier alpha value is -2.64. The second-order valence-corrected chi connectivity index (χ2v) is 5.35. The first-order chi connectivity index (χ1) is 12.2.